The molecular formula is C27H41NO5S. The number of hydrogen-bond acceptors (Lipinski definition) is 7. The Morgan fingerprint density at radius 1 is 1.24 bits per heavy atom. The molecule has 1 aromatic rings. The molecule has 34 heavy (non-hydrogen) atoms. The van der Waals surface area contributed by atoms with Gasteiger partial charge < -0.3 is 14.9 Å². The number of cyclic esters (lactones) is 1. The highest BCUT2D eigenvalue weighted by Crippen LogP contribution is 2.32. The van der Waals surface area contributed by atoms with Crippen molar-refractivity contribution < 1.29 is 24.5 Å². The number of thiazole rings is 1. The number of aryl methyl sites for hydroxylation is 1. The molecule has 0 aromatic carbocycles. The molecule has 1 unspecified atom stereocenters. The number of carbonyl (C=O) groups excluding carboxylic acids is 2. The van der Waals surface area contributed by atoms with Gasteiger partial charge in [-0.25, -0.2) is 4.98 Å². The molecule has 2 heterocycles. The number of nitrogens with zero attached hydrogens (tertiary/aromatic N) is 1. The van der Waals surface area contributed by atoms with Crippen molar-refractivity contribution in [2.45, 2.75) is 98.9 Å². The molecule has 0 saturated carbocycles. The zero-order valence-corrected chi connectivity index (χ0v) is 22.4. The molecule has 5 atom stereocenters. The van der Waals surface area contributed by atoms with Crippen LogP contribution in [0.3, 0.4) is 0 Å². The van der Waals surface area contributed by atoms with Crippen molar-refractivity contribution >= 4 is 29.2 Å². The second kappa shape index (κ2) is 12.2. The van der Waals surface area contributed by atoms with E-state index < -0.39 is 35.6 Å². The summed E-state index contributed by atoms with van der Waals surface area (Å²) in [5, 5.41) is 24.5. The Kier molecular flexibility index (Phi) is 10.2. The molecule has 2 rings (SSSR count). The summed E-state index contributed by atoms with van der Waals surface area (Å²) in [4.78, 5) is 30.5. The minimum atomic E-state index is -1.21. The minimum Gasteiger partial charge on any atom is -0.457 e. The molecule has 0 fully saturated rings. The number of Topliss-reactive ketones (excluding diaryl/α,β-unsaturated/α-hetero) is 1. The predicted octanol–water partition coefficient (Wildman–Crippen LogP) is 5.27. The lowest BCUT2D eigenvalue weighted by Gasteiger charge is -2.34. The first-order valence-electron chi connectivity index (χ1n) is 12.2. The van der Waals surface area contributed by atoms with Gasteiger partial charge >= 0.3 is 5.97 Å². The molecule has 1 aliphatic heterocycles. The van der Waals surface area contributed by atoms with Crippen LogP contribution in [0.1, 0.15) is 84.3 Å². The topological polar surface area (TPSA) is 96.7 Å². The molecule has 1 aromatic heterocycles. The number of carbonyl (C=O) groups is 2. The van der Waals surface area contributed by atoms with Crippen LogP contribution >= 0.6 is 11.3 Å². The van der Waals surface area contributed by atoms with E-state index in [4.69, 9.17) is 4.74 Å². The first-order valence-corrected chi connectivity index (χ1v) is 13.1. The fourth-order valence-electron chi connectivity index (χ4n) is 4.40. The third-order valence-corrected chi connectivity index (χ3v) is 7.83. The van der Waals surface area contributed by atoms with Crippen molar-refractivity contribution in [2.75, 3.05) is 0 Å². The van der Waals surface area contributed by atoms with Gasteiger partial charge in [-0.1, -0.05) is 39.3 Å². The van der Waals surface area contributed by atoms with Gasteiger partial charge in [0, 0.05) is 17.7 Å². The number of ketones is 1. The highest BCUT2D eigenvalue weighted by atomic mass is 32.1. The van der Waals surface area contributed by atoms with Gasteiger partial charge in [0.25, 0.3) is 0 Å². The van der Waals surface area contributed by atoms with Crippen molar-refractivity contribution in [1.82, 2.24) is 4.98 Å². The highest BCUT2D eigenvalue weighted by Gasteiger charge is 2.42. The standard InChI is InChI=1S/C27H41NO5S/c1-16-9-8-10-17(2)25(31)19(4)26(32)27(6,7)23(29)14-24(30)33-22(12-11-16)18(3)13-21-15-34-20(5)28-21/h11,13,15,17,19,22-23,25,29,31H,8-10,12,14H2,1-7H3/b16-11-,18-13+/t17?,19-,22+,23+,25+/m1/s1. The second-order valence-corrected chi connectivity index (χ2v) is 11.5. The normalized spacial score (nSPS) is 32.1. The van der Waals surface area contributed by atoms with Crippen LogP contribution in [-0.2, 0) is 14.3 Å². The number of aromatic nitrogens is 1. The molecule has 0 amide bonds. The number of aliphatic hydroxyl groups is 2. The van der Waals surface area contributed by atoms with Crippen molar-refractivity contribution in [2.24, 2.45) is 17.3 Å². The van der Waals surface area contributed by atoms with Crippen molar-refractivity contribution in [3.63, 3.8) is 0 Å². The van der Waals surface area contributed by atoms with Crippen LogP contribution in [0.2, 0.25) is 0 Å². The van der Waals surface area contributed by atoms with Gasteiger partial charge in [0.05, 0.1) is 34.7 Å². The van der Waals surface area contributed by atoms with Gasteiger partial charge in [0.2, 0.25) is 0 Å². The van der Waals surface area contributed by atoms with Gasteiger partial charge in [-0.3, -0.25) is 9.59 Å². The quantitative estimate of drug-likeness (QED) is 0.432. The smallest absolute Gasteiger partial charge is 0.309 e. The first-order chi connectivity index (χ1) is 15.8. The fraction of sp³-hybridized carbons (Fsp3) is 0.667. The molecule has 190 valence electrons. The van der Waals surface area contributed by atoms with Gasteiger partial charge in [0.1, 0.15) is 11.9 Å². The average Bonchev–Trinajstić information content (AvgIpc) is 3.18. The molecule has 7 heteroatoms. The first kappa shape index (κ1) is 28.4. The lowest BCUT2D eigenvalue weighted by atomic mass is 9.73. The van der Waals surface area contributed by atoms with Crippen LogP contribution < -0.4 is 0 Å². The van der Waals surface area contributed by atoms with E-state index in [2.05, 4.69) is 18.0 Å². The lowest BCUT2D eigenvalue weighted by Crippen LogP contribution is -2.45. The summed E-state index contributed by atoms with van der Waals surface area (Å²) in [6.07, 6.45) is 4.33. The summed E-state index contributed by atoms with van der Waals surface area (Å²) in [6.45, 7) is 12.8. The van der Waals surface area contributed by atoms with Gasteiger partial charge in [-0.15, -0.1) is 11.3 Å². The number of rotatable bonds is 2. The summed E-state index contributed by atoms with van der Waals surface area (Å²) >= 11 is 1.56. The summed E-state index contributed by atoms with van der Waals surface area (Å²) < 4.78 is 5.81. The van der Waals surface area contributed by atoms with Crippen LogP contribution in [-0.4, -0.2) is 45.3 Å². The number of aliphatic hydroxyl groups excluding tert-OH is 2. The van der Waals surface area contributed by atoms with E-state index in [9.17, 15) is 19.8 Å². The van der Waals surface area contributed by atoms with Gasteiger partial charge in [0.15, 0.2) is 0 Å². The SMILES string of the molecule is C/C1=C/C[C@@H](/C(C)=C/c2csc(C)n2)OC(=O)C[C@H](O)C(C)(C)C(=O)[C@H](C)[C@@H](O)C(C)CCC1. The summed E-state index contributed by atoms with van der Waals surface area (Å²) in [7, 11) is 0. The van der Waals surface area contributed by atoms with Crippen LogP contribution in [0.5, 0.6) is 0 Å². The number of ether oxygens (including phenoxy) is 1. The van der Waals surface area contributed by atoms with Gasteiger partial charge in [-0.2, -0.15) is 0 Å². The molecular weight excluding hydrogens is 450 g/mol. The van der Waals surface area contributed by atoms with E-state index in [-0.39, 0.29) is 18.1 Å². The van der Waals surface area contributed by atoms with E-state index >= 15 is 0 Å². The van der Waals surface area contributed by atoms with Crippen LogP contribution in [0.15, 0.2) is 22.6 Å². The monoisotopic (exact) mass is 491 g/mol. The Labute approximate surface area is 208 Å². The average molecular weight is 492 g/mol. The molecule has 2 N–H and O–H groups in total. The highest BCUT2D eigenvalue weighted by molar-refractivity contribution is 7.09. The molecule has 0 bridgehead atoms. The second-order valence-electron chi connectivity index (χ2n) is 10.4. The van der Waals surface area contributed by atoms with E-state index in [1.165, 1.54) is 5.57 Å². The summed E-state index contributed by atoms with van der Waals surface area (Å²) in [5.74, 6) is -1.49. The Morgan fingerprint density at radius 2 is 1.91 bits per heavy atom. The molecule has 6 nitrogen and oxygen atoms in total. The molecule has 0 aliphatic carbocycles. The zero-order chi connectivity index (χ0) is 25.6. The molecule has 0 saturated heterocycles. The number of hydrogen-bond donors (Lipinski definition) is 2. The van der Waals surface area contributed by atoms with E-state index in [1.807, 2.05) is 32.2 Å². The minimum absolute atomic E-state index is 0.0444. The molecule has 0 spiro atoms. The third-order valence-electron chi connectivity index (χ3n) is 7.04. The Hall–Kier alpha value is -1.83. The van der Waals surface area contributed by atoms with E-state index in [1.54, 1.807) is 32.1 Å². The Bertz CT molecular complexity index is 916. The molecule has 0 radical (unpaired) electrons. The van der Waals surface area contributed by atoms with Crippen molar-refractivity contribution in [3.8, 4) is 0 Å². The van der Waals surface area contributed by atoms with Crippen molar-refractivity contribution in [1.29, 1.82) is 0 Å². The number of esters is 1. The fourth-order valence-corrected chi connectivity index (χ4v) is 4.97. The Balaban J connectivity index is 2.33. The number of allylic oxidation sites excluding steroid dienone is 1. The van der Waals surface area contributed by atoms with Crippen molar-refractivity contribution in [3.05, 3.63) is 33.3 Å². The maximum Gasteiger partial charge on any atom is 0.309 e. The Morgan fingerprint density at radius 3 is 2.53 bits per heavy atom. The largest absolute Gasteiger partial charge is 0.457 e. The third kappa shape index (κ3) is 7.59. The summed E-state index contributed by atoms with van der Waals surface area (Å²) in [5.41, 5.74) is 1.71. The van der Waals surface area contributed by atoms with E-state index in [0.29, 0.717) is 6.42 Å². The van der Waals surface area contributed by atoms with Crippen LogP contribution in [0.25, 0.3) is 6.08 Å². The maximum absolute atomic E-state index is 13.2. The maximum atomic E-state index is 13.2. The van der Waals surface area contributed by atoms with Crippen LogP contribution in [0.4, 0.5) is 0 Å². The zero-order valence-electron chi connectivity index (χ0n) is 21.6. The predicted molar refractivity (Wildman–Crippen MR) is 136 cm³/mol. The summed E-state index contributed by atoms with van der Waals surface area (Å²) in [6, 6.07) is 0. The van der Waals surface area contributed by atoms with Gasteiger partial charge in [-0.05, 0) is 57.6 Å². The van der Waals surface area contributed by atoms with Crippen LogP contribution in [0, 0.1) is 24.2 Å². The van der Waals surface area contributed by atoms with E-state index in [0.717, 1.165) is 35.5 Å². The molecule has 1 aliphatic rings. The lowest BCUT2D eigenvalue weighted by molar-refractivity contribution is -0.154.